The molecular weight excluding hydrogens is 214 g/mol. The first-order valence-corrected chi connectivity index (χ1v) is 5.50. The molecule has 94 valence electrons. The highest BCUT2D eigenvalue weighted by Crippen LogP contribution is 2.19. The van der Waals surface area contributed by atoms with Gasteiger partial charge in [0.25, 0.3) is 0 Å². The molecule has 0 amide bonds. The lowest BCUT2D eigenvalue weighted by Gasteiger charge is -2.41. The summed E-state index contributed by atoms with van der Waals surface area (Å²) in [5, 5.41) is 37.5. The molecule has 0 aliphatic carbocycles. The molecule has 6 nitrogen and oxygen atoms in total. The number of rotatable bonds is 4. The molecule has 1 fully saturated rings. The summed E-state index contributed by atoms with van der Waals surface area (Å²) < 4.78 is 0. The van der Waals surface area contributed by atoms with Gasteiger partial charge in [-0.2, -0.15) is 0 Å². The third-order valence-corrected chi connectivity index (χ3v) is 2.93. The van der Waals surface area contributed by atoms with E-state index in [0.717, 1.165) is 12.8 Å². The molecule has 1 aliphatic heterocycles. The molecule has 1 rings (SSSR count). The zero-order valence-electron chi connectivity index (χ0n) is 9.28. The summed E-state index contributed by atoms with van der Waals surface area (Å²) in [7, 11) is 0. The summed E-state index contributed by atoms with van der Waals surface area (Å²) >= 11 is 0. The first-order chi connectivity index (χ1) is 7.49. The van der Waals surface area contributed by atoms with Crippen LogP contribution >= 0.6 is 0 Å². The second kappa shape index (κ2) is 5.58. The van der Waals surface area contributed by atoms with Gasteiger partial charge in [-0.1, -0.05) is 13.3 Å². The maximum Gasteiger partial charge on any atom is 0.323 e. The second-order valence-electron chi connectivity index (χ2n) is 4.18. The van der Waals surface area contributed by atoms with Crippen LogP contribution in [0.15, 0.2) is 0 Å². The molecule has 0 aromatic rings. The predicted octanol–water partition coefficient (Wildman–Crippen LogP) is -1.36. The van der Waals surface area contributed by atoms with Crippen molar-refractivity contribution in [1.82, 2.24) is 4.90 Å². The first-order valence-electron chi connectivity index (χ1n) is 5.50. The molecule has 16 heavy (non-hydrogen) atoms. The standard InChI is InChI=1S/C10H19NO5/c1-2-3-4-11-5-6(12)8(13)9(14)7(11)10(15)16/h6-9,12-14H,2-5H2,1H3,(H,15,16)/t6-,7-,8+,9+/m0/s1. The molecule has 1 saturated heterocycles. The summed E-state index contributed by atoms with van der Waals surface area (Å²) in [6, 6.07) is -1.13. The zero-order chi connectivity index (χ0) is 12.3. The van der Waals surface area contributed by atoms with Crippen LogP contribution in [0.25, 0.3) is 0 Å². The largest absolute Gasteiger partial charge is 0.480 e. The van der Waals surface area contributed by atoms with Gasteiger partial charge in [-0.05, 0) is 13.0 Å². The number of nitrogens with zero attached hydrogens (tertiary/aromatic N) is 1. The van der Waals surface area contributed by atoms with Gasteiger partial charge < -0.3 is 20.4 Å². The number of unbranched alkanes of at least 4 members (excludes halogenated alkanes) is 1. The number of hydrogen-bond donors (Lipinski definition) is 4. The minimum atomic E-state index is -1.45. The minimum Gasteiger partial charge on any atom is -0.480 e. The lowest BCUT2D eigenvalue weighted by molar-refractivity contribution is -0.170. The van der Waals surface area contributed by atoms with E-state index in [0.29, 0.717) is 6.54 Å². The van der Waals surface area contributed by atoms with Gasteiger partial charge in [0.05, 0.1) is 6.10 Å². The van der Waals surface area contributed by atoms with Crippen molar-refractivity contribution in [1.29, 1.82) is 0 Å². The van der Waals surface area contributed by atoms with Gasteiger partial charge in [0.15, 0.2) is 0 Å². The van der Waals surface area contributed by atoms with E-state index in [1.165, 1.54) is 4.90 Å². The van der Waals surface area contributed by atoms with Crippen molar-refractivity contribution in [2.75, 3.05) is 13.1 Å². The van der Waals surface area contributed by atoms with Gasteiger partial charge in [0, 0.05) is 6.54 Å². The van der Waals surface area contributed by atoms with Gasteiger partial charge in [0.1, 0.15) is 18.2 Å². The molecule has 4 N–H and O–H groups in total. The van der Waals surface area contributed by atoms with Gasteiger partial charge in [-0.15, -0.1) is 0 Å². The maximum atomic E-state index is 11.0. The summed E-state index contributed by atoms with van der Waals surface area (Å²) in [4.78, 5) is 12.5. The SMILES string of the molecule is CCCCN1C[C@H](O)[C@@H](O)[C@H](O)[C@H]1C(=O)O. The molecule has 0 aromatic heterocycles. The van der Waals surface area contributed by atoms with Gasteiger partial charge in [-0.3, -0.25) is 9.69 Å². The van der Waals surface area contributed by atoms with Gasteiger partial charge in [0.2, 0.25) is 0 Å². The normalized spacial score (nSPS) is 36.2. The van der Waals surface area contributed by atoms with E-state index in [9.17, 15) is 20.1 Å². The highest BCUT2D eigenvalue weighted by atomic mass is 16.4. The van der Waals surface area contributed by atoms with Crippen LogP contribution < -0.4 is 0 Å². The van der Waals surface area contributed by atoms with E-state index < -0.39 is 30.3 Å². The molecule has 0 bridgehead atoms. The average molecular weight is 233 g/mol. The van der Waals surface area contributed by atoms with Crippen molar-refractivity contribution in [2.45, 2.75) is 44.1 Å². The minimum absolute atomic E-state index is 0.0786. The van der Waals surface area contributed by atoms with Crippen LogP contribution in [0.4, 0.5) is 0 Å². The molecule has 0 unspecified atom stereocenters. The Balaban J connectivity index is 2.75. The predicted molar refractivity (Wildman–Crippen MR) is 55.9 cm³/mol. The van der Waals surface area contributed by atoms with E-state index in [1.807, 2.05) is 6.92 Å². The van der Waals surface area contributed by atoms with E-state index >= 15 is 0 Å². The Kier molecular flexibility index (Phi) is 4.67. The van der Waals surface area contributed by atoms with Crippen LogP contribution in [0, 0.1) is 0 Å². The summed E-state index contributed by atoms with van der Waals surface area (Å²) in [6.07, 6.45) is -2.24. The van der Waals surface area contributed by atoms with Crippen molar-refractivity contribution < 1.29 is 25.2 Å². The third-order valence-electron chi connectivity index (χ3n) is 2.93. The van der Waals surface area contributed by atoms with Crippen LogP contribution in [0.3, 0.4) is 0 Å². The number of piperidine rings is 1. The number of likely N-dealkylation sites (tertiary alicyclic amines) is 1. The Hall–Kier alpha value is -0.690. The molecule has 1 heterocycles. The molecule has 0 radical (unpaired) electrons. The van der Waals surface area contributed by atoms with Crippen LogP contribution in [0.1, 0.15) is 19.8 Å². The van der Waals surface area contributed by atoms with Crippen LogP contribution in [-0.2, 0) is 4.79 Å². The molecule has 4 atom stereocenters. The zero-order valence-corrected chi connectivity index (χ0v) is 9.28. The van der Waals surface area contributed by atoms with E-state index in [2.05, 4.69) is 0 Å². The van der Waals surface area contributed by atoms with Crippen molar-refractivity contribution in [3.8, 4) is 0 Å². The lowest BCUT2D eigenvalue weighted by atomic mass is 9.93. The fourth-order valence-corrected chi connectivity index (χ4v) is 1.99. The molecule has 0 aromatic carbocycles. The van der Waals surface area contributed by atoms with Crippen LogP contribution in [-0.4, -0.2) is 68.7 Å². The highest BCUT2D eigenvalue weighted by molar-refractivity contribution is 5.74. The van der Waals surface area contributed by atoms with Crippen molar-refractivity contribution in [2.24, 2.45) is 0 Å². The summed E-state index contributed by atoms with van der Waals surface area (Å²) in [6.45, 7) is 2.55. The maximum absolute atomic E-state index is 11.0. The number of carbonyl (C=O) groups is 1. The molecular formula is C10H19NO5. The number of aliphatic carboxylic acids is 1. The Bertz CT molecular complexity index is 247. The van der Waals surface area contributed by atoms with Crippen molar-refractivity contribution >= 4 is 5.97 Å². The van der Waals surface area contributed by atoms with Gasteiger partial charge in [-0.25, -0.2) is 0 Å². The quantitative estimate of drug-likeness (QED) is 0.478. The van der Waals surface area contributed by atoms with E-state index in [-0.39, 0.29) is 6.54 Å². The molecule has 6 heteroatoms. The number of aliphatic hydroxyl groups is 3. The topological polar surface area (TPSA) is 101 Å². The fraction of sp³-hybridized carbons (Fsp3) is 0.900. The van der Waals surface area contributed by atoms with E-state index in [1.54, 1.807) is 0 Å². The number of aliphatic hydroxyl groups excluding tert-OH is 3. The smallest absolute Gasteiger partial charge is 0.323 e. The molecule has 0 saturated carbocycles. The fourth-order valence-electron chi connectivity index (χ4n) is 1.99. The monoisotopic (exact) mass is 233 g/mol. The Labute approximate surface area is 94.1 Å². The van der Waals surface area contributed by atoms with Crippen LogP contribution in [0.5, 0.6) is 0 Å². The number of carboxylic acids is 1. The molecule has 0 spiro atoms. The van der Waals surface area contributed by atoms with Crippen molar-refractivity contribution in [3.63, 3.8) is 0 Å². The first kappa shape index (κ1) is 13.4. The Morgan fingerprint density at radius 2 is 1.94 bits per heavy atom. The van der Waals surface area contributed by atoms with Gasteiger partial charge >= 0.3 is 5.97 Å². The van der Waals surface area contributed by atoms with Crippen LogP contribution in [0.2, 0.25) is 0 Å². The number of β-amino-alcohol motifs (C(OH)–C–C–N with tert-alkyl or cyclic N) is 1. The lowest BCUT2D eigenvalue weighted by Crippen LogP contribution is -2.63. The third kappa shape index (κ3) is 2.70. The Morgan fingerprint density at radius 3 is 2.44 bits per heavy atom. The number of carboxylic acid groups (broad SMARTS) is 1. The number of hydrogen-bond acceptors (Lipinski definition) is 5. The summed E-state index contributed by atoms with van der Waals surface area (Å²) in [5.41, 5.74) is 0. The van der Waals surface area contributed by atoms with E-state index in [4.69, 9.17) is 5.11 Å². The summed E-state index contributed by atoms with van der Waals surface area (Å²) in [5.74, 6) is -1.17. The molecule has 1 aliphatic rings. The highest BCUT2D eigenvalue weighted by Gasteiger charge is 2.44. The Morgan fingerprint density at radius 1 is 1.31 bits per heavy atom. The average Bonchev–Trinajstić information content (AvgIpc) is 2.22. The second-order valence-corrected chi connectivity index (χ2v) is 4.18. The van der Waals surface area contributed by atoms with Crippen molar-refractivity contribution in [3.05, 3.63) is 0 Å².